The summed E-state index contributed by atoms with van der Waals surface area (Å²) in [6.45, 7) is 8.13. The first kappa shape index (κ1) is 35.3. The van der Waals surface area contributed by atoms with Gasteiger partial charge in [-0.15, -0.1) is 0 Å². The highest BCUT2D eigenvalue weighted by Gasteiger charge is 2.33. The molecular formula is C31H43N3O9. The zero-order chi connectivity index (χ0) is 32.4. The summed E-state index contributed by atoms with van der Waals surface area (Å²) < 4.78 is 16.8. The fourth-order valence-corrected chi connectivity index (χ4v) is 4.95. The maximum Gasteiger partial charge on any atom is 0.407 e. The number of Topliss-reactive ketones (excluding diaryl/α,β-unsaturated/α-hetero) is 1. The Bertz CT molecular complexity index is 1260. The molecule has 0 aromatic heterocycles. The van der Waals surface area contributed by atoms with Crippen LogP contribution in [-0.2, 0) is 33.4 Å². The third-order valence-electron chi connectivity index (χ3n) is 7.29. The monoisotopic (exact) mass is 601 g/mol. The molecule has 236 valence electrons. The molecule has 4 N–H and O–H groups in total. The van der Waals surface area contributed by atoms with Crippen LogP contribution < -0.4 is 16.0 Å². The number of ether oxygens (including phenoxy) is 3. The number of alkyl carbamates (subject to hydrolysis) is 1. The second-order valence-corrected chi connectivity index (χ2v) is 10.8. The van der Waals surface area contributed by atoms with E-state index in [4.69, 9.17) is 14.2 Å². The van der Waals surface area contributed by atoms with Crippen LogP contribution in [0.1, 0.15) is 47.5 Å². The lowest BCUT2D eigenvalue weighted by Crippen LogP contribution is -2.38. The molecule has 0 spiro atoms. The fourth-order valence-electron chi connectivity index (χ4n) is 4.95. The number of allylic oxidation sites excluding steroid dienone is 4. The average Bonchev–Trinajstić information content (AvgIpc) is 2.95. The van der Waals surface area contributed by atoms with Gasteiger partial charge < -0.3 is 35.3 Å². The van der Waals surface area contributed by atoms with Crippen molar-refractivity contribution in [1.82, 2.24) is 16.0 Å². The SMILES string of the molecule is CNC(=O)OC1/C(C)=C/[C@H](C)[C@@H](O)C(OC)C[C@H](C)CC2=C(NC(C)=O)C(=O)C=C(NC(=O)/C(C)=C/C=C\C1OC)C2=O. The lowest BCUT2D eigenvalue weighted by Gasteiger charge is -2.30. The van der Waals surface area contributed by atoms with E-state index < -0.39 is 59.8 Å². The summed E-state index contributed by atoms with van der Waals surface area (Å²) in [6.07, 6.45) is 3.79. The summed E-state index contributed by atoms with van der Waals surface area (Å²) in [7, 11) is 4.34. The van der Waals surface area contributed by atoms with Gasteiger partial charge in [0.05, 0.1) is 23.6 Å². The molecule has 2 aliphatic rings. The summed E-state index contributed by atoms with van der Waals surface area (Å²) in [5.74, 6) is -3.11. The predicted molar refractivity (Wildman–Crippen MR) is 158 cm³/mol. The molecule has 12 heteroatoms. The van der Waals surface area contributed by atoms with Gasteiger partial charge in [0.15, 0.2) is 6.10 Å². The van der Waals surface area contributed by atoms with Crippen molar-refractivity contribution in [3.63, 3.8) is 0 Å². The van der Waals surface area contributed by atoms with Gasteiger partial charge in [-0.1, -0.05) is 38.2 Å². The number of amides is 3. The third kappa shape index (κ3) is 9.57. The van der Waals surface area contributed by atoms with Gasteiger partial charge in [-0.3, -0.25) is 19.2 Å². The van der Waals surface area contributed by atoms with Crippen molar-refractivity contribution in [1.29, 1.82) is 0 Å². The fraction of sp³-hybridized carbons (Fsp3) is 0.516. The topological polar surface area (TPSA) is 169 Å². The van der Waals surface area contributed by atoms with Crippen LogP contribution in [0, 0.1) is 11.8 Å². The van der Waals surface area contributed by atoms with Crippen LogP contribution in [0.3, 0.4) is 0 Å². The Morgan fingerprint density at radius 2 is 1.77 bits per heavy atom. The van der Waals surface area contributed by atoms with Crippen molar-refractivity contribution < 1.29 is 43.3 Å². The summed E-state index contributed by atoms with van der Waals surface area (Å²) >= 11 is 0. The molecule has 0 saturated heterocycles. The first-order valence-corrected chi connectivity index (χ1v) is 14.0. The molecule has 6 atom stereocenters. The van der Waals surface area contributed by atoms with Crippen LogP contribution in [0.25, 0.3) is 0 Å². The molecule has 2 bridgehead atoms. The molecule has 0 aromatic carbocycles. The molecule has 43 heavy (non-hydrogen) atoms. The number of rotatable bonds is 4. The Kier molecular flexibility index (Phi) is 13.2. The lowest BCUT2D eigenvalue weighted by molar-refractivity contribution is -0.122. The minimum absolute atomic E-state index is 0.0511. The van der Waals surface area contributed by atoms with E-state index in [2.05, 4.69) is 16.0 Å². The van der Waals surface area contributed by atoms with Crippen LogP contribution in [0.5, 0.6) is 0 Å². The summed E-state index contributed by atoms with van der Waals surface area (Å²) in [5, 5.41) is 18.6. The van der Waals surface area contributed by atoms with Crippen LogP contribution in [0.4, 0.5) is 4.79 Å². The molecular weight excluding hydrogens is 558 g/mol. The van der Waals surface area contributed by atoms with Gasteiger partial charge in [0, 0.05) is 51.3 Å². The van der Waals surface area contributed by atoms with Crippen LogP contribution in [-0.4, -0.2) is 80.3 Å². The molecule has 0 saturated carbocycles. The molecule has 3 unspecified atom stereocenters. The van der Waals surface area contributed by atoms with Gasteiger partial charge in [0.2, 0.25) is 17.5 Å². The molecule has 1 aliphatic heterocycles. The highest BCUT2D eigenvalue weighted by molar-refractivity contribution is 6.24. The number of hydrogen-bond donors (Lipinski definition) is 4. The number of nitrogens with one attached hydrogen (secondary N) is 3. The van der Waals surface area contributed by atoms with Crippen molar-refractivity contribution in [3.8, 4) is 0 Å². The van der Waals surface area contributed by atoms with Crippen molar-refractivity contribution in [2.75, 3.05) is 21.3 Å². The average molecular weight is 602 g/mol. The van der Waals surface area contributed by atoms with E-state index in [9.17, 15) is 29.1 Å². The summed E-state index contributed by atoms with van der Waals surface area (Å²) in [6, 6.07) is 0. The molecule has 12 nitrogen and oxygen atoms in total. The first-order chi connectivity index (χ1) is 20.2. The number of aliphatic hydroxyl groups excluding tert-OH is 1. The normalized spacial score (nSPS) is 31.1. The third-order valence-corrected chi connectivity index (χ3v) is 7.29. The smallest absolute Gasteiger partial charge is 0.407 e. The van der Waals surface area contributed by atoms with Crippen LogP contribution in [0.15, 0.2) is 58.5 Å². The second-order valence-electron chi connectivity index (χ2n) is 10.8. The lowest BCUT2D eigenvalue weighted by atomic mass is 9.85. The van der Waals surface area contributed by atoms with Crippen LogP contribution in [0.2, 0.25) is 0 Å². The van der Waals surface area contributed by atoms with E-state index >= 15 is 0 Å². The van der Waals surface area contributed by atoms with E-state index in [0.29, 0.717) is 12.0 Å². The van der Waals surface area contributed by atoms with Gasteiger partial charge in [0.25, 0.3) is 5.91 Å². The maximum atomic E-state index is 13.5. The number of carbonyl (C=O) groups is 5. The summed E-state index contributed by atoms with van der Waals surface area (Å²) in [4.78, 5) is 63.5. The van der Waals surface area contributed by atoms with E-state index in [1.54, 1.807) is 32.1 Å². The number of fused-ring (bicyclic) bond motifs is 2. The first-order valence-electron chi connectivity index (χ1n) is 14.0. The largest absolute Gasteiger partial charge is 0.439 e. The minimum atomic E-state index is -0.991. The number of hydrogen-bond acceptors (Lipinski definition) is 9. The molecule has 1 heterocycles. The molecule has 1 aliphatic carbocycles. The molecule has 3 amide bonds. The van der Waals surface area contributed by atoms with Crippen molar-refractivity contribution >= 4 is 29.5 Å². The highest BCUT2D eigenvalue weighted by Crippen LogP contribution is 2.28. The quantitative estimate of drug-likeness (QED) is 0.279. The van der Waals surface area contributed by atoms with Crippen LogP contribution >= 0.6 is 0 Å². The van der Waals surface area contributed by atoms with Gasteiger partial charge in [0.1, 0.15) is 6.10 Å². The Labute approximate surface area is 252 Å². The van der Waals surface area contributed by atoms with E-state index in [-0.39, 0.29) is 34.9 Å². The van der Waals surface area contributed by atoms with Crippen molar-refractivity contribution in [2.24, 2.45) is 11.8 Å². The van der Waals surface area contributed by atoms with Gasteiger partial charge in [-0.05, 0) is 38.2 Å². The Hall–Kier alpha value is -3.87. The van der Waals surface area contributed by atoms with Crippen molar-refractivity contribution in [3.05, 3.63) is 58.5 Å². The van der Waals surface area contributed by atoms with Gasteiger partial charge in [-0.25, -0.2) is 4.79 Å². The number of aliphatic hydroxyl groups is 1. The second kappa shape index (κ2) is 16.1. The Balaban J connectivity index is 2.64. The highest BCUT2D eigenvalue weighted by atomic mass is 16.6. The number of methoxy groups -OCH3 is 2. The zero-order valence-corrected chi connectivity index (χ0v) is 26.0. The molecule has 2 rings (SSSR count). The van der Waals surface area contributed by atoms with E-state index in [1.165, 1.54) is 41.2 Å². The Morgan fingerprint density at radius 1 is 1.09 bits per heavy atom. The zero-order valence-electron chi connectivity index (χ0n) is 26.0. The molecule has 0 aromatic rings. The summed E-state index contributed by atoms with van der Waals surface area (Å²) in [5.41, 5.74) is 0.521. The van der Waals surface area contributed by atoms with Gasteiger partial charge >= 0.3 is 6.09 Å². The standard InChI is InChI=1S/C31H43N3O9/c1-16-12-21-26(33-20(5)35)23(36)15-22(28(21)38)34-30(39)17(2)10-9-11-24(41-7)29(43-31(40)32-6)19(4)14-18(3)27(37)25(13-16)42-8/h9-11,14-16,18,24-25,27,29,37H,12-13H2,1-8H3,(H,32,40)(H,33,35)(H,34,39)/b11-9-,17-10+,19-14+/t16-,18+,24?,25?,27-,29?/m1/s1. The molecule has 0 radical (unpaired) electrons. The minimum Gasteiger partial charge on any atom is -0.439 e. The van der Waals surface area contributed by atoms with E-state index in [0.717, 1.165) is 6.08 Å². The van der Waals surface area contributed by atoms with E-state index in [1.807, 2.05) is 6.92 Å². The van der Waals surface area contributed by atoms with Gasteiger partial charge in [-0.2, -0.15) is 0 Å². The number of carbonyl (C=O) groups excluding carboxylic acids is 5. The molecule has 0 fully saturated rings. The maximum absolute atomic E-state index is 13.5. The predicted octanol–water partition coefficient (Wildman–Crippen LogP) is 2.16. The number of ketones is 2. The Morgan fingerprint density at radius 3 is 2.35 bits per heavy atom. The van der Waals surface area contributed by atoms with Crippen molar-refractivity contribution in [2.45, 2.75) is 71.9 Å².